The number of aryl methyl sites for hydroxylation is 1. The molecule has 0 bridgehead atoms. The Morgan fingerprint density at radius 2 is 1.59 bits per heavy atom. The predicted molar refractivity (Wildman–Crippen MR) is 118 cm³/mol. The molecule has 0 saturated heterocycles. The number of benzene rings is 2. The maximum absolute atomic E-state index is 13.1. The first kappa shape index (κ1) is 23.0. The van der Waals surface area contributed by atoms with E-state index in [0.29, 0.717) is 40.4 Å². The molecule has 3 rings (SSSR count). The number of rotatable bonds is 8. The monoisotopic (exact) mass is 442 g/mol. The second-order valence-electron chi connectivity index (χ2n) is 7.02. The molecule has 2 aliphatic rings. The van der Waals surface area contributed by atoms with E-state index in [1.165, 1.54) is 34.5 Å². The van der Waals surface area contributed by atoms with Crippen molar-refractivity contribution in [3.8, 4) is 40.3 Å². The van der Waals surface area contributed by atoms with E-state index in [0.717, 1.165) is 0 Å². The van der Waals surface area contributed by atoms with E-state index in [1.807, 2.05) is 6.92 Å². The topological polar surface area (TPSA) is 93.4 Å². The largest absolute Gasteiger partial charge is 0.493 e. The molecule has 1 atom stereocenters. The summed E-state index contributed by atoms with van der Waals surface area (Å²) in [6, 6.07) is 7.97. The van der Waals surface area contributed by atoms with Crippen molar-refractivity contribution in [2.45, 2.75) is 26.2 Å². The van der Waals surface area contributed by atoms with E-state index < -0.39 is 11.9 Å². The van der Waals surface area contributed by atoms with Crippen LogP contribution in [-0.4, -0.2) is 34.4 Å². The third-order valence-electron chi connectivity index (χ3n) is 5.23. The SMILES string of the molecule is CCc1cc(=O)c2ccc(OC)oc-2c1OC(=O)C(C)c1cc(OC)c(OC)c(OC)c1. The Kier molecular flexibility index (Phi) is 6.92. The predicted octanol–water partition coefficient (Wildman–Crippen LogP) is 4.05. The number of carbonyl (C=O) groups excluding carboxylic acids is 1. The number of ether oxygens (including phenoxy) is 5. The summed E-state index contributed by atoms with van der Waals surface area (Å²) in [4.78, 5) is 25.6. The molecule has 32 heavy (non-hydrogen) atoms. The van der Waals surface area contributed by atoms with Crippen LogP contribution < -0.4 is 29.1 Å². The molecule has 0 fully saturated rings. The molecular formula is C24H26O8. The molecule has 1 aromatic carbocycles. The number of methoxy groups -OCH3 is 4. The van der Waals surface area contributed by atoms with Crippen molar-refractivity contribution in [2.24, 2.45) is 0 Å². The quantitative estimate of drug-likeness (QED) is 0.381. The highest BCUT2D eigenvalue weighted by molar-refractivity contribution is 5.83. The highest BCUT2D eigenvalue weighted by atomic mass is 16.6. The first-order valence-corrected chi connectivity index (χ1v) is 10.0. The van der Waals surface area contributed by atoms with E-state index in [4.69, 9.17) is 28.1 Å². The zero-order valence-corrected chi connectivity index (χ0v) is 18.9. The van der Waals surface area contributed by atoms with Gasteiger partial charge in [0.25, 0.3) is 5.95 Å². The lowest BCUT2D eigenvalue weighted by molar-refractivity contribution is -0.135. The lowest BCUT2D eigenvalue weighted by Gasteiger charge is -2.19. The van der Waals surface area contributed by atoms with Crippen LogP contribution in [0, 0.1) is 0 Å². The lowest BCUT2D eigenvalue weighted by Crippen LogP contribution is -2.19. The summed E-state index contributed by atoms with van der Waals surface area (Å²) in [6.45, 7) is 3.57. The van der Waals surface area contributed by atoms with Gasteiger partial charge in [-0.3, -0.25) is 9.59 Å². The van der Waals surface area contributed by atoms with Crippen LogP contribution in [0.25, 0.3) is 11.3 Å². The number of hydrogen-bond donors (Lipinski definition) is 0. The van der Waals surface area contributed by atoms with Crippen LogP contribution in [0.5, 0.6) is 28.9 Å². The van der Waals surface area contributed by atoms with Crippen LogP contribution in [-0.2, 0) is 11.2 Å². The fourth-order valence-electron chi connectivity index (χ4n) is 3.39. The van der Waals surface area contributed by atoms with Crippen LogP contribution >= 0.6 is 0 Å². The summed E-state index contributed by atoms with van der Waals surface area (Å²) in [5, 5.41) is 0. The van der Waals surface area contributed by atoms with Crippen LogP contribution in [0.3, 0.4) is 0 Å². The Balaban J connectivity index is 2.04. The Labute approximate surface area is 186 Å². The first-order chi connectivity index (χ1) is 15.4. The van der Waals surface area contributed by atoms with Crippen molar-refractivity contribution in [2.75, 3.05) is 28.4 Å². The molecule has 0 spiro atoms. The first-order valence-electron chi connectivity index (χ1n) is 10.0. The molecule has 0 saturated carbocycles. The zero-order valence-electron chi connectivity index (χ0n) is 18.9. The number of esters is 1. The van der Waals surface area contributed by atoms with Gasteiger partial charge in [0.05, 0.1) is 39.9 Å². The van der Waals surface area contributed by atoms with Gasteiger partial charge in [0.2, 0.25) is 5.75 Å². The Morgan fingerprint density at radius 1 is 0.938 bits per heavy atom. The fourth-order valence-corrected chi connectivity index (χ4v) is 3.39. The van der Waals surface area contributed by atoms with Gasteiger partial charge in [-0.1, -0.05) is 6.92 Å². The second kappa shape index (κ2) is 9.64. The minimum atomic E-state index is -0.680. The van der Waals surface area contributed by atoms with Crippen molar-refractivity contribution >= 4 is 5.97 Å². The Hall–Kier alpha value is -3.68. The van der Waals surface area contributed by atoms with E-state index in [9.17, 15) is 9.59 Å². The van der Waals surface area contributed by atoms with Crippen LogP contribution in [0.15, 0.2) is 39.5 Å². The number of hydrogen-bond acceptors (Lipinski definition) is 8. The van der Waals surface area contributed by atoms with Crippen molar-refractivity contribution in [3.63, 3.8) is 0 Å². The molecule has 0 aromatic heterocycles. The van der Waals surface area contributed by atoms with Crippen molar-refractivity contribution in [1.82, 2.24) is 0 Å². The van der Waals surface area contributed by atoms with Gasteiger partial charge in [0.15, 0.2) is 28.4 Å². The molecule has 0 radical (unpaired) electrons. The summed E-state index contributed by atoms with van der Waals surface area (Å²) in [5.74, 6) is 0.626. The molecule has 1 aliphatic carbocycles. The van der Waals surface area contributed by atoms with Crippen LogP contribution in [0.2, 0.25) is 0 Å². The molecule has 8 nitrogen and oxygen atoms in total. The fraction of sp³-hybridized carbons (Fsp3) is 0.333. The zero-order chi connectivity index (χ0) is 23.4. The third-order valence-corrected chi connectivity index (χ3v) is 5.23. The van der Waals surface area contributed by atoms with E-state index >= 15 is 0 Å². The molecule has 170 valence electrons. The Morgan fingerprint density at radius 3 is 2.12 bits per heavy atom. The summed E-state index contributed by atoms with van der Waals surface area (Å²) < 4.78 is 32.7. The van der Waals surface area contributed by atoms with E-state index in [-0.39, 0.29) is 22.9 Å². The molecule has 8 heteroatoms. The van der Waals surface area contributed by atoms with Gasteiger partial charge in [-0.2, -0.15) is 0 Å². The average Bonchev–Trinajstić information content (AvgIpc) is 2.83. The molecule has 1 aromatic rings. The summed E-state index contributed by atoms with van der Waals surface area (Å²) in [5.41, 5.74) is 1.25. The Bertz CT molecular complexity index is 1120. The van der Waals surface area contributed by atoms with Gasteiger partial charge in [0.1, 0.15) is 0 Å². The molecule has 1 heterocycles. The summed E-state index contributed by atoms with van der Waals surface area (Å²) in [6.07, 6.45) is 0.471. The van der Waals surface area contributed by atoms with Gasteiger partial charge in [-0.05, 0) is 43.2 Å². The van der Waals surface area contributed by atoms with Crippen molar-refractivity contribution in [1.29, 1.82) is 0 Å². The normalized spacial score (nSPS) is 11.7. The minimum Gasteiger partial charge on any atom is -0.493 e. The van der Waals surface area contributed by atoms with Crippen LogP contribution in [0.4, 0.5) is 0 Å². The molecule has 0 amide bonds. The maximum atomic E-state index is 13.1. The van der Waals surface area contributed by atoms with E-state index in [2.05, 4.69) is 0 Å². The van der Waals surface area contributed by atoms with E-state index in [1.54, 1.807) is 31.2 Å². The van der Waals surface area contributed by atoms with Crippen LogP contribution in [0.1, 0.15) is 30.9 Å². The molecule has 0 N–H and O–H groups in total. The smallest absolute Gasteiger partial charge is 0.318 e. The molecule has 1 aliphatic heterocycles. The van der Waals surface area contributed by atoms with Gasteiger partial charge in [-0.15, -0.1) is 0 Å². The van der Waals surface area contributed by atoms with Gasteiger partial charge in [-0.25, -0.2) is 0 Å². The average molecular weight is 442 g/mol. The van der Waals surface area contributed by atoms with Gasteiger partial charge >= 0.3 is 5.97 Å². The van der Waals surface area contributed by atoms with Crippen molar-refractivity contribution in [3.05, 3.63) is 51.7 Å². The lowest BCUT2D eigenvalue weighted by atomic mass is 9.99. The third kappa shape index (κ3) is 4.21. The molecule has 1 unspecified atom stereocenters. The standard InChI is InChI=1S/C24H26O8/c1-7-14-10-17(25)16-8-9-20(29-5)31-22(16)21(14)32-24(26)13(2)15-11-18(27-3)23(30-6)19(12-15)28-4/h8-13H,7H2,1-6H3. The minimum absolute atomic E-state index is 0.166. The summed E-state index contributed by atoms with van der Waals surface area (Å²) in [7, 11) is 5.96. The summed E-state index contributed by atoms with van der Waals surface area (Å²) >= 11 is 0. The van der Waals surface area contributed by atoms with Crippen molar-refractivity contribution < 1.29 is 32.9 Å². The van der Waals surface area contributed by atoms with Gasteiger partial charge < -0.3 is 28.1 Å². The highest BCUT2D eigenvalue weighted by Gasteiger charge is 2.27. The number of carbonyl (C=O) groups is 1. The molecular weight excluding hydrogens is 416 g/mol. The van der Waals surface area contributed by atoms with Gasteiger partial charge in [0, 0.05) is 11.6 Å². The number of fused-ring (bicyclic) bond motifs is 1. The second-order valence-corrected chi connectivity index (χ2v) is 7.02. The highest BCUT2D eigenvalue weighted by Crippen LogP contribution is 2.41. The maximum Gasteiger partial charge on any atom is 0.318 e.